The van der Waals surface area contributed by atoms with E-state index in [4.69, 9.17) is 0 Å². The number of nitrogens with one attached hydrogen (secondary N) is 1. The van der Waals surface area contributed by atoms with Gasteiger partial charge in [-0.1, -0.05) is 19.1 Å². The standard InChI is InChI=1S/C14H22N2O2S/c1-11(12-8-9-12)10-15-13-6-4-5-7-14(13)19(17,18)16(2)3/h4-7,11-12,15H,8-10H2,1-3H3. The van der Waals surface area contributed by atoms with Gasteiger partial charge in [0.2, 0.25) is 10.0 Å². The highest BCUT2D eigenvalue weighted by Gasteiger charge is 2.28. The third kappa shape index (κ3) is 3.28. The number of hydrogen-bond donors (Lipinski definition) is 1. The predicted molar refractivity (Wildman–Crippen MR) is 77.7 cm³/mol. The highest BCUT2D eigenvalue weighted by molar-refractivity contribution is 7.89. The van der Waals surface area contributed by atoms with E-state index in [1.807, 2.05) is 12.1 Å². The van der Waals surface area contributed by atoms with Crippen LogP contribution < -0.4 is 5.32 Å². The monoisotopic (exact) mass is 282 g/mol. The first-order valence-corrected chi connectivity index (χ1v) is 8.12. The summed E-state index contributed by atoms with van der Waals surface area (Å²) in [6, 6.07) is 7.10. The van der Waals surface area contributed by atoms with Gasteiger partial charge in [0.1, 0.15) is 4.90 Å². The molecule has 1 saturated carbocycles. The summed E-state index contributed by atoms with van der Waals surface area (Å²) in [5, 5.41) is 3.29. The Labute approximate surface area is 115 Å². The van der Waals surface area contributed by atoms with Crippen LogP contribution in [0.2, 0.25) is 0 Å². The minimum atomic E-state index is -3.39. The maximum atomic E-state index is 12.2. The summed E-state index contributed by atoms with van der Waals surface area (Å²) < 4.78 is 25.7. The minimum Gasteiger partial charge on any atom is -0.384 e. The highest BCUT2D eigenvalue weighted by atomic mass is 32.2. The van der Waals surface area contributed by atoms with Gasteiger partial charge in [0, 0.05) is 20.6 Å². The fourth-order valence-electron chi connectivity index (χ4n) is 2.14. The lowest BCUT2D eigenvalue weighted by Gasteiger charge is -2.18. The van der Waals surface area contributed by atoms with Crippen molar-refractivity contribution in [3.05, 3.63) is 24.3 Å². The molecule has 0 heterocycles. The van der Waals surface area contributed by atoms with Crippen molar-refractivity contribution >= 4 is 15.7 Å². The van der Waals surface area contributed by atoms with Gasteiger partial charge in [-0.25, -0.2) is 12.7 Å². The molecule has 0 amide bonds. The first-order valence-electron chi connectivity index (χ1n) is 6.68. The molecule has 106 valence electrons. The molecule has 1 aromatic carbocycles. The van der Waals surface area contributed by atoms with Gasteiger partial charge in [-0.3, -0.25) is 0 Å². The van der Waals surface area contributed by atoms with E-state index >= 15 is 0 Å². The summed E-state index contributed by atoms with van der Waals surface area (Å²) in [7, 11) is -0.280. The quantitative estimate of drug-likeness (QED) is 0.871. The molecule has 0 bridgehead atoms. The van der Waals surface area contributed by atoms with Gasteiger partial charge in [0.05, 0.1) is 5.69 Å². The minimum absolute atomic E-state index is 0.350. The van der Waals surface area contributed by atoms with Gasteiger partial charge >= 0.3 is 0 Å². The molecule has 1 N–H and O–H groups in total. The lowest BCUT2D eigenvalue weighted by molar-refractivity contribution is 0.519. The largest absolute Gasteiger partial charge is 0.384 e. The van der Waals surface area contributed by atoms with Crippen LogP contribution in [-0.4, -0.2) is 33.4 Å². The molecule has 1 aromatic rings. The second-order valence-electron chi connectivity index (χ2n) is 5.48. The Morgan fingerprint density at radius 2 is 1.95 bits per heavy atom. The molecule has 0 radical (unpaired) electrons. The summed E-state index contributed by atoms with van der Waals surface area (Å²) in [4.78, 5) is 0.350. The van der Waals surface area contributed by atoms with Crippen LogP contribution in [0.3, 0.4) is 0 Å². The van der Waals surface area contributed by atoms with Crippen molar-refractivity contribution in [1.29, 1.82) is 0 Å². The molecule has 19 heavy (non-hydrogen) atoms. The Balaban J connectivity index is 2.16. The van der Waals surface area contributed by atoms with Crippen LogP contribution in [0, 0.1) is 11.8 Å². The summed E-state index contributed by atoms with van der Waals surface area (Å²) in [6.45, 7) is 3.04. The number of para-hydroxylation sites is 1. The third-order valence-electron chi connectivity index (χ3n) is 3.69. The van der Waals surface area contributed by atoms with Gasteiger partial charge in [0.25, 0.3) is 0 Å². The molecular weight excluding hydrogens is 260 g/mol. The van der Waals surface area contributed by atoms with Crippen LogP contribution in [0.15, 0.2) is 29.2 Å². The van der Waals surface area contributed by atoms with Crippen molar-refractivity contribution < 1.29 is 8.42 Å². The van der Waals surface area contributed by atoms with Crippen molar-refractivity contribution in [2.24, 2.45) is 11.8 Å². The number of hydrogen-bond acceptors (Lipinski definition) is 3. The molecule has 0 saturated heterocycles. The molecule has 1 atom stereocenters. The fraction of sp³-hybridized carbons (Fsp3) is 0.571. The normalized spacial score (nSPS) is 17.5. The molecule has 1 fully saturated rings. The Morgan fingerprint density at radius 3 is 2.53 bits per heavy atom. The number of anilines is 1. The number of rotatable bonds is 6. The molecule has 0 aromatic heterocycles. The zero-order chi connectivity index (χ0) is 14.0. The molecule has 1 unspecified atom stereocenters. The highest BCUT2D eigenvalue weighted by Crippen LogP contribution is 2.36. The molecule has 0 aliphatic heterocycles. The van der Waals surface area contributed by atoms with Crippen LogP contribution >= 0.6 is 0 Å². The third-order valence-corrected chi connectivity index (χ3v) is 5.56. The smallest absolute Gasteiger partial charge is 0.244 e. The second-order valence-corrected chi connectivity index (χ2v) is 7.60. The lowest BCUT2D eigenvalue weighted by Crippen LogP contribution is -2.24. The van der Waals surface area contributed by atoms with Crippen LogP contribution in [0.4, 0.5) is 5.69 Å². The van der Waals surface area contributed by atoms with Crippen molar-refractivity contribution in [3.8, 4) is 0 Å². The molecule has 1 aliphatic rings. The fourth-order valence-corrected chi connectivity index (χ4v) is 3.20. The SMILES string of the molecule is CC(CNc1ccccc1S(=O)(=O)N(C)C)C1CC1. The van der Waals surface area contributed by atoms with E-state index in [2.05, 4.69) is 12.2 Å². The van der Waals surface area contributed by atoms with E-state index in [0.29, 0.717) is 16.5 Å². The molecular formula is C14H22N2O2S. The molecule has 0 spiro atoms. The van der Waals surface area contributed by atoms with Gasteiger partial charge in [-0.15, -0.1) is 0 Å². The van der Waals surface area contributed by atoms with Crippen molar-refractivity contribution in [2.75, 3.05) is 26.0 Å². The number of sulfonamides is 1. The maximum Gasteiger partial charge on any atom is 0.244 e. The average Bonchev–Trinajstić information content (AvgIpc) is 3.20. The van der Waals surface area contributed by atoms with E-state index in [-0.39, 0.29) is 0 Å². The van der Waals surface area contributed by atoms with Crippen LogP contribution in [0.1, 0.15) is 19.8 Å². The predicted octanol–water partition coefficient (Wildman–Crippen LogP) is 2.39. The number of nitrogens with zero attached hydrogens (tertiary/aromatic N) is 1. The Bertz CT molecular complexity index is 536. The Kier molecular flexibility index (Phi) is 4.16. The first kappa shape index (κ1) is 14.3. The van der Waals surface area contributed by atoms with E-state index in [1.165, 1.54) is 17.1 Å². The summed E-state index contributed by atoms with van der Waals surface area (Å²) in [5.41, 5.74) is 0.698. The zero-order valence-corrected chi connectivity index (χ0v) is 12.6. The van der Waals surface area contributed by atoms with E-state index in [1.54, 1.807) is 26.2 Å². The van der Waals surface area contributed by atoms with Crippen molar-refractivity contribution in [2.45, 2.75) is 24.7 Å². The molecule has 4 nitrogen and oxygen atoms in total. The van der Waals surface area contributed by atoms with E-state index < -0.39 is 10.0 Å². The van der Waals surface area contributed by atoms with E-state index in [0.717, 1.165) is 12.5 Å². The van der Waals surface area contributed by atoms with Gasteiger partial charge in [-0.2, -0.15) is 0 Å². The summed E-state index contributed by atoms with van der Waals surface area (Å²) >= 11 is 0. The summed E-state index contributed by atoms with van der Waals surface area (Å²) in [5.74, 6) is 1.40. The maximum absolute atomic E-state index is 12.2. The first-order chi connectivity index (χ1) is 8.93. The van der Waals surface area contributed by atoms with Crippen LogP contribution in [0.25, 0.3) is 0 Å². The number of benzene rings is 1. The van der Waals surface area contributed by atoms with Gasteiger partial charge in [0.15, 0.2) is 0 Å². The molecule has 1 aliphatic carbocycles. The Morgan fingerprint density at radius 1 is 1.32 bits per heavy atom. The van der Waals surface area contributed by atoms with Crippen LogP contribution in [-0.2, 0) is 10.0 Å². The van der Waals surface area contributed by atoms with Gasteiger partial charge < -0.3 is 5.32 Å². The van der Waals surface area contributed by atoms with Crippen LogP contribution in [0.5, 0.6) is 0 Å². The van der Waals surface area contributed by atoms with E-state index in [9.17, 15) is 8.42 Å². The van der Waals surface area contributed by atoms with Gasteiger partial charge in [-0.05, 0) is 36.8 Å². The summed E-state index contributed by atoms with van der Waals surface area (Å²) in [6.07, 6.45) is 2.61. The zero-order valence-electron chi connectivity index (χ0n) is 11.8. The molecule has 2 rings (SSSR count). The second kappa shape index (κ2) is 5.51. The lowest BCUT2D eigenvalue weighted by atomic mass is 10.1. The topological polar surface area (TPSA) is 49.4 Å². The van der Waals surface area contributed by atoms with Crippen molar-refractivity contribution in [3.63, 3.8) is 0 Å². The Hall–Kier alpha value is -1.07. The van der Waals surface area contributed by atoms with Crippen molar-refractivity contribution in [1.82, 2.24) is 4.31 Å². The molecule has 5 heteroatoms. The average molecular weight is 282 g/mol.